The maximum atomic E-state index is 11.7. The van der Waals surface area contributed by atoms with E-state index in [1.54, 1.807) is 0 Å². The molecule has 2 N–H and O–H groups in total. The van der Waals surface area contributed by atoms with E-state index in [0.29, 0.717) is 0 Å². The van der Waals surface area contributed by atoms with Gasteiger partial charge in [0.15, 0.2) is 0 Å². The van der Waals surface area contributed by atoms with Crippen LogP contribution >= 0.6 is 11.6 Å². The van der Waals surface area contributed by atoms with Crippen LogP contribution in [0.25, 0.3) is 0 Å². The van der Waals surface area contributed by atoms with Crippen molar-refractivity contribution in [1.82, 2.24) is 14.4 Å². The molecular formula is C8H12ClN3O4S2. The van der Waals surface area contributed by atoms with E-state index in [-0.39, 0.29) is 23.1 Å². The zero-order chi connectivity index (χ0) is 13.8. The highest BCUT2D eigenvalue weighted by Gasteiger charge is 2.14. The molecule has 102 valence electrons. The average molecular weight is 314 g/mol. The highest BCUT2D eigenvalue weighted by Crippen LogP contribution is 2.12. The number of nitrogens with one attached hydrogen (secondary N) is 2. The third-order valence-electron chi connectivity index (χ3n) is 1.79. The van der Waals surface area contributed by atoms with Crippen molar-refractivity contribution in [1.29, 1.82) is 0 Å². The van der Waals surface area contributed by atoms with Crippen molar-refractivity contribution in [3.8, 4) is 0 Å². The lowest BCUT2D eigenvalue weighted by atomic mass is 10.5. The molecule has 0 bridgehead atoms. The van der Waals surface area contributed by atoms with E-state index in [1.807, 2.05) is 0 Å². The summed E-state index contributed by atoms with van der Waals surface area (Å²) in [4.78, 5) is 3.64. The second kappa shape index (κ2) is 5.93. The second-order valence-corrected chi connectivity index (χ2v) is 7.37. The van der Waals surface area contributed by atoms with Crippen molar-refractivity contribution in [3.05, 3.63) is 23.5 Å². The predicted octanol–water partition coefficient (Wildman–Crippen LogP) is -0.437. The molecule has 0 spiro atoms. The van der Waals surface area contributed by atoms with Gasteiger partial charge in [0.25, 0.3) is 0 Å². The zero-order valence-electron chi connectivity index (χ0n) is 9.42. The highest BCUT2D eigenvalue weighted by atomic mass is 35.5. The van der Waals surface area contributed by atoms with Gasteiger partial charge in [0.1, 0.15) is 5.15 Å². The first-order valence-corrected chi connectivity index (χ1v) is 8.52. The molecular weight excluding hydrogens is 302 g/mol. The third kappa shape index (κ3) is 5.27. The Morgan fingerprint density at radius 2 is 1.83 bits per heavy atom. The fourth-order valence-corrected chi connectivity index (χ4v) is 2.81. The summed E-state index contributed by atoms with van der Waals surface area (Å²) in [6, 6.07) is 2.49. The number of nitrogens with zero attached hydrogens (tertiary/aromatic N) is 1. The Kier molecular flexibility index (Phi) is 5.05. The van der Waals surface area contributed by atoms with Gasteiger partial charge in [-0.15, -0.1) is 0 Å². The van der Waals surface area contributed by atoms with Gasteiger partial charge in [-0.2, -0.15) is 0 Å². The lowest BCUT2D eigenvalue weighted by Crippen LogP contribution is -2.34. The SMILES string of the molecule is CS(=O)(=O)NCCNS(=O)(=O)c1ccnc(Cl)c1. The van der Waals surface area contributed by atoms with Crippen molar-refractivity contribution in [2.75, 3.05) is 19.3 Å². The van der Waals surface area contributed by atoms with Crippen LogP contribution in [0.2, 0.25) is 5.15 Å². The van der Waals surface area contributed by atoms with Crippen molar-refractivity contribution in [3.63, 3.8) is 0 Å². The van der Waals surface area contributed by atoms with E-state index < -0.39 is 20.0 Å². The van der Waals surface area contributed by atoms with Crippen LogP contribution in [0.1, 0.15) is 0 Å². The molecule has 0 unspecified atom stereocenters. The van der Waals surface area contributed by atoms with Crippen molar-refractivity contribution >= 4 is 31.6 Å². The minimum absolute atomic E-state index is 0.0261. The van der Waals surface area contributed by atoms with Gasteiger partial charge < -0.3 is 0 Å². The van der Waals surface area contributed by atoms with Gasteiger partial charge >= 0.3 is 0 Å². The van der Waals surface area contributed by atoms with Crippen molar-refractivity contribution < 1.29 is 16.8 Å². The molecule has 0 saturated heterocycles. The van der Waals surface area contributed by atoms with Crippen LogP contribution in [0.5, 0.6) is 0 Å². The number of hydrogen-bond donors (Lipinski definition) is 2. The molecule has 0 saturated carbocycles. The largest absolute Gasteiger partial charge is 0.244 e. The molecule has 0 aliphatic heterocycles. The monoisotopic (exact) mass is 313 g/mol. The number of hydrogen-bond acceptors (Lipinski definition) is 5. The maximum Gasteiger partial charge on any atom is 0.240 e. The van der Waals surface area contributed by atoms with Crippen molar-refractivity contribution in [2.24, 2.45) is 0 Å². The van der Waals surface area contributed by atoms with Gasteiger partial charge in [0.2, 0.25) is 20.0 Å². The zero-order valence-corrected chi connectivity index (χ0v) is 11.8. The molecule has 1 aromatic rings. The minimum Gasteiger partial charge on any atom is -0.244 e. The molecule has 1 rings (SSSR count). The molecule has 0 aliphatic rings. The summed E-state index contributed by atoms with van der Waals surface area (Å²) in [6.07, 6.45) is 2.26. The Balaban J connectivity index is 2.61. The molecule has 18 heavy (non-hydrogen) atoms. The van der Waals surface area contributed by atoms with E-state index in [2.05, 4.69) is 14.4 Å². The van der Waals surface area contributed by atoms with Crippen LogP contribution < -0.4 is 9.44 Å². The molecule has 0 atom stereocenters. The summed E-state index contributed by atoms with van der Waals surface area (Å²) < 4.78 is 49.4. The van der Waals surface area contributed by atoms with E-state index in [0.717, 1.165) is 6.26 Å². The Hall–Kier alpha value is -0.740. The van der Waals surface area contributed by atoms with Gasteiger partial charge in [-0.1, -0.05) is 11.6 Å². The highest BCUT2D eigenvalue weighted by molar-refractivity contribution is 7.89. The maximum absolute atomic E-state index is 11.7. The molecule has 0 radical (unpaired) electrons. The Labute approximate surface area is 111 Å². The van der Waals surface area contributed by atoms with Crippen LogP contribution in [0, 0.1) is 0 Å². The Morgan fingerprint density at radius 1 is 1.22 bits per heavy atom. The van der Waals surface area contributed by atoms with Gasteiger partial charge in [-0.05, 0) is 12.1 Å². The summed E-state index contributed by atoms with van der Waals surface area (Å²) in [5.41, 5.74) is 0. The van der Waals surface area contributed by atoms with Crippen LogP contribution in [-0.2, 0) is 20.0 Å². The van der Waals surface area contributed by atoms with Crippen LogP contribution in [-0.4, -0.2) is 41.2 Å². The van der Waals surface area contributed by atoms with E-state index >= 15 is 0 Å². The second-order valence-electron chi connectivity index (χ2n) is 3.38. The van der Waals surface area contributed by atoms with Crippen LogP contribution in [0.3, 0.4) is 0 Å². The standard InChI is InChI=1S/C8H12ClN3O4S2/c1-17(13,14)11-4-5-12-18(15,16)7-2-3-10-8(9)6-7/h2-3,6,11-12H,4-5H2,1H3. The van der Waals surface area contributed by atoms with E-state index in [4.69, 9.17) is 11.6 Å². The molecule has 7 nitrogen and oxygen atoms in total. The van der Waals surface area contributed by atoms with Crippen molar-refractivity contribution in [2.45, 2.75) is 4.90 Å². The normalized spacial score (nSPS) is 12.6. The molecule has 0 aliphatic carbocycles. The van der Waals surface area contributed by atoms with Crippen LogP contribution in [0.4, 0.5) is 0 Å². The topological polar surface area (TPSA) is 105 Å². The van der Waals surface area contributed by atoms with Gasteiger partial charge in [0, 0.05) is 19.3 Å². The molecule has 0 fully saturated rings. The van der Waals surface area contributed by atoms with E-state index in [9.17, 15) is 16.8 Å². The van der Waals surface area contributed by atoms with Gasteiger partial charge in [-0.3, -0.25) is 0 Å². The summed E-state index contributed by atoms with van der Waals surface area (Å²) in [5.74, 6) is 0. The van der Waals surface area contributed by atoms with Gasteiger partial charge in [0.05, 0.1) is 11.2 Å². The van der Waals surface area contributed by atoms with E-state index in [1.165, 1.54) is 18.3 Å². The lowest BCUT2D eigenvalue weighted by molar-refractivity contribution is 0.573. The first-order chi connectivity index (χ1) is 8.21. The number of rotatable bonds is 6. The van der Waals surface area contributed by atoms with Crippen LogP contribution in [0.15, 0.2) is 23.2 Å². The summed E-state index contributed by atoms with van der Waals surface area (Å²) in [6.45, 7) is -0.0910. The molecule has 0 aromatic carbocycles. The number of aromatic nitrogens is 1. The lowest BCUT2D eigenvalue weighted by Gasteiger charge is -2.07. The number of pyridine rings is 1. The predicted molar refractivity (Wildman–Crippen MR) is 67.3 cm³/mol. The fraction of sp³-hybridized carbons (Fsp3) is 0.375. The fourth-order valence-electron chi connectivity index (χ4n) is 1.06. The van der Waals surface area contributed by atoms with Gasteiger partial charge in [-0.25, -0.2) is 31.3 Å². The first kappa shape index (κ1) is 15.3. The summed E-state index contributed by atoms with van der Waals surface area (Å²) in [5, 5.41) is 0.0622. The summed E-state index contributed by atoms with van der Waals surface area (Å²) in [7, 11) is -7.04. The quantitative estimate of drug-likeness (QED) is 0.547. The average Bonchev–Trinajstić information content (AvgIpc) is 2.23. The Bertz CT molecular complexity index is 615. The molecule has 10 heteroatoms. The Morgan fingerprint density at radius 3 is 2.39 bits per heavy atom. The number of halogens is 1. The molecule has 1 heterocycles. The third-order valence-corrected chi connectivity index (χ3v) is 4.18. The molecule has 1 aromatic heterocycles. The number of sulfonamides is 2. The molecule has 0 amide bonds. The summed E-state index contributed by atoms with van der Waals surface area (Å²) >= 11 is 5.58. The first-order valence-electron chi connectivity index (χ1n) is 4.76. The minimum atomic E-state index is -3.71. The smallest absolute Gasteiger partial charge is 0.240 e.